The minimum Gasteiger partial charge on any atom is -0.377 e. The third-order valence-corrected chi connectivity index (χ3v) is 4.48. The standard InChI is InChI=1S/C13H16N2O3S/c14-8-7-11-3-5-13(6-4-11)19(16,17)15-10-12-2-1-9-18-12/h3-6,12,15H,1-2,7,9-10H2. The van der Waals surface area contributed by atoms with Crippen molar-refractivity contribution in [2.75, 3.05) is 13.2 Å². The van der Waals surface area contributed by atoms with Crippen molar-refractivity contribution in [2.24, 2.45) is 0 Å². The van der Waals surface area contributed by atoms with E-state index >= 15 is 0 Å². The predicted octanol–water partition coefficient (Wildman–Crippen LogP) is 1.21. The summed E-state index contributed by atoms with van der Waals surface area (Å²) in [5, 5.41) is 8.56. The molecule has 1 aliphatic heterocycles. The Labute approximate surface area is 113 Å². The van der Waals surface area contributed by atoms with Crippen molar-refractivity contribution >= 4 is 10.0 Å². The lowest BCUT2D eigenvalue weighted by Crippen LogP contribution is -2.31. The Bertz CT molecular complexity index is 555. The maximum atomic E-state index is 12.0. The molecular weight excluding hydrogens is 264 g/mol. The number of ether oxygens (including phenoxy) is 1. The molecule has 102 valence electrons. The zero-order valence-corrected chi connectivity index (χ0v) is 11.3. The molecule has 6 heteroatoms. The lowest BCUT2D eigenvalue weighted by Gasteiger charge is -2.11. The number of hydrogen-bond donors (Lipinski definition) is 1. The molecule has 1 aromatic rings. The van der Waals surface area contributed by atoms with Gasteiger partial charge in [0.05, 0.1) is 23.5 Å². The molecule has 1 aliphatic rings. The van der Waals surface area contributed by atoms with Crippen molar-refractivity contribution in [3.63, 3.8) is 0 Å². The van der Waals surface area contributed by atoms with E-state index in [0.717, 1.165) is 18.4 Å². The van der Waals surface area contributed by atoms with Crippen LogP contribution in [0.3, 0.4) is 0 Å². The van der Waals surface area contributed by atoms with Crippen LogP contribution in [0.4, 0.5) is 0 Å². The van der Waals surface area contributed by atoms with E-state index in [4.69, 9.17) is 10.00 Å². The van der Waals surface area contributed by atoms with E-state index in [2.05, 4.69) is 4.72 Å². The van der Waals surface area contributed by atoms with E-state index in [9.17, 15) is 8.42 Å². The number of sulfonamides is 1. The lowest BCUT2D eigenvalue weighted by atomic mass is 10.2. The number of benzene rings is 1. The van der Waals surface area contributed by atoms with E-state index < -0.39 is 10.0 Å². The van der Waals surface area contributed by atoms with Crippen LogP contribution in [0.25, 0.3) is 0 Å². The van der Waals surface area contributed by atoms with Crippen LogP contribution >= 0.6 is 0 Å². The molecule has 1 unspecified atom stereocenters. The van der Waals surface area contributed by atoms with E-state index in [1.54, 1.807) is 12.1 Å². The van der Waals surface area contributed by atoms with Gasteiger partial charge in [-0.1, -0.05) is 12.1 Å². The van der Waals surface area contributed by atoms with Gasteiger partial charge in [-0.25, -0.2) is 13.1 Å². The van der Waals surface area contributed by atoms with Crippen molar-refractivity contribution < 1.29 is 13.2 Å². The van der Waals surface area contributed by atoms with Gasteiger partial charge in [-0.15, -0.1) is 0 Å². The van der Waals surface area contributed by atoms with Gasteiger partial charge in [-0.2, -0.15) is 5.26 Å². The molecule has 1 saturated heterocycles. The number of nitrogens with zero attached hydrogens (tertiary/aromatic N) is 1. The Balaban J connectivity index is 2.00. The molecule has 0 bridgehead atoms. The minimum absolute atomic E-state index is 0.0207. The summed E-state index contributed by atoms with van der Waals surface area (Å²) in [6.45, 7) is 1.01. The van der Waals surface area contributed by atoms with Gasteiger partial charge in [0.1, 0.15) is 0 Å². The van der Waals surface area contributed by atoms with Crippen molar-refractivity contribution in [2.45, 2.75) is 30.3 Å². The van der Waals surface area contributed by atoms with E-state index in [0.29, 0.717) is 13.2 Å². The molecule has 0 spiro atoms. The average Bonchev–Trinajstić information content (AvgIpc) is 2.91. The Morgan fingerprint density at radius 1 is 1.37 bits per heavy atom. The molecule has 1 aromatic carbocycles. The van der Waals surface area contributed by atoms with Crippen LogP contribution in [0.1, 0.15) is 18.4 Å². The lowest BCUT2D eigenvalue weighted by molar-refractivity contribution is 0.114. The highest BCUT2D eigenvalue weighted by atomic mass is 32.2. The van der Waals surface area contributed by atoms with Gasteiger partial charge in [0.25, 0.3) is 0 Å². The van der Waals surface area contributed by atoms with Crippen molar-refractivity contribution in [1.29, 1.82) is 5.26 Å². The second-order valence-corrected chi connectivity index (χ2v) is 6.23. The Kier molecular flexibility index (Phi) is 4.53. The SMILES string of the molecule is N#CCc1ccc(S(=O)(=O)NCC2CCCO2)cc1. The van der Waals surface area contributed by atoms with Gasteiger partial charge in [0.2, 0.25) is 10.0 Å². The smallest absolute Gasteiger partial charge is 0.240 e. The fraction of sp³-hybridized carbons (Fsp3) is 0.462. The van der Waals surface area contributed by atoms with Crippen LogP contribution in [0.2, 0.25) is 0 Å². The zero-order chi connectivity index (χ0) is 13.7. The normalized spacial score (nSPS) is 19.2. The number of nitrogens with one attached hydrogen (secondary N) is 1. The Morgan fingerprint density at radius 2 is 2.11 bits per heavy atom. The van der Waals surface area contributed by atoms with Crippen LogP contribution in [0.5, 0.6) is 0 Å². The molecule has 0 amide bonds. The molecular formula is C13H16N2O3S. The summed E-state index contributed by atoms with van der Waals surface area (Å²) in [6, 6.07) is 8.37. The summed E-state index contributed by atoms with van der Waals surface area (Å²) in [5.74, 6) is 0. The summed E-state index contributed by atoms with van der Waals surface area (Å²) in [4.78, 5) is 0.215. The monoisotopic (exact) mass is 280 g/mol. The second-order valence-electron chi connectivity index (χ2n) is 4.47. The first kappa shape index (κ1) is 14.0. The first-order valence-corrected chi connectivity index (χ1v) is 7.67. The van der Waals surface area contributed by atoms with E-state index in [-0.39, 0.29) is 17.4 Å². The molecule has 1 atom stereocenters. The molecule has 1 N–H and O–H groups in total. The largest absolute Gasteiger partial charge is 0.377 e. The molecule has 2 rings (SSSR count). The van der Waals surface area contributed by atoms with Crippen LogP contribution < -0.4 is 4.72 Å². The van der Waals surface area contributed by atoms with Crippen molar-refractivity contribution in [1.82, 2.24) is 4.72 Å². The molecule has 0 aromatic heterocycles. The third kappa shape index (κ3) is 3.77. The van der Waals surface area contributed by atoms with E-state index in [1.165, 1.54) is 12.1 Å². The molecule has 0 aliphatic carbocycles. The number of nitriles is 1. The van der Waals surface area contributed by atoms with Crippen molar-refractivity contribution in [3.05, 3.63) is 29.8 Å². The predicted molar refractivity (Wildman–Crippen MR) is 69.9 cm³/mol. The number of rotatable bonds is 5. The van der Waals surface area contributed by atoms with Gasteiger partial charge in [-0.05, 0) is 30.5 Å². The molecule has 5 nitrogen and oxygen atoms in total. The molecule has 0 saturated carbocycles. The topological polar surface area (TPSA) is 79.2 Å². The summed E-state index contributed by atoms with van der Waals surface area (Å²) in [7, 11) is -3.49. The molecule has 1 fully saturated rings. The molecule has 1 heterocycles. The summed E-state index contributed by atoms with van der Waals surface area (Å²) >= 11 is 0. The first-order chi connectivity index (χ1) is 9.12. The summed E-state index contributed by atoms with van der Waals surface area (Å²) < 4.78 is 32.0. The summed E-state index contributed by atoms with van der Waals surface area (Å²) in [6.07, 6.45) is 2.13. The fourth-order valence-electron chi connectivity index (χ4n) is 1.97. The average molecular weight is 280 g/mol. The van der Waals surface area contributed by atoms with Crippen LogP contribution in [-0.2, 0) is 21.2 Å². The molecule has 19 heavy (non-hydrogen) atoms. The van der Waals surface area contributed by atoms with Gasteiger partial charge in [-0.3, -0.25) is 0 Å². The zero-order valence-electron chi connectivity index (χ0n) is 10.5. The highest BCUT2D eigenvalue weighted by molar-refractivity contribution is 7.89. The van der Waals surface area contributed by atoms with Gasteiger partial charge in [0.15, 0.2) is 0 Å². The van der Waals surface area contributed by atoms with Gasteiger partial charge >= 0.3 is 0 Å². The number of hydrogen-bond acceptors (Lipinski definition) is 4. The van der Waals surface area contributed by atoms with Gasteiger partial charge < -0.3 is 4.74 Å². The van der Waals surface area contributed by atoms with Crippen LogP contribution in [-0.4, -0.2) is 27.7 Å². The minimum atomic E-state index is -3.49. The van der Waals surface area contributed by atoms with Crippen LogP contribution in [0, 0.1) is 11.3 Å². The third-order valence-electron chi connectivity index (χ3n) is 3.04. The van der Waals surface area contributed by atoms with Gasteiger partial charge in [0, 0.05) is 13.2 Å². The maximum absolute atomic E-state index is 12.0. The molecule has 0 radical (unpaired) electrons. The van der Waals surface area contributed by atoms with Crippen LogP contribution in [0.15, 0.2) is 29.2 Å². The maximum Gasteiger partial charge on any atom is 0.240 e. The second kappa shape index (κ2) is 6.15. The fourth-order valence-corrected chi connectivity index (χ4v) is 3.04. The highest BCUT2D eigenvalue weighted by Gasteiger charge is 2.20. The quantitative estimate of drug-likeness (QED) is 0.879. The first-order valence-electron chi connectivity index (χ1n) is 6.19. The Morgan fingerprint density at radius 3 is 2.68 bits per heavy atom. The highest BCUT2D eigenvalue weighted by Crippen LogP contribution is 2.14. The Hall–Kier alpha value is -1.42. The van der Waals surface area contributed by atoms with Crippen molar-refractivity contribution in [3.8, 4) is 6.07 Å². The summed E-state index contributed by atoms with van der Waals surface area (Å²) in [5.41, 5.74) is 0.806. The van der Waals surface area contributed by atoms with E-state index in [1.807, 2.05) is 6.07 Å².